The molecule has 0 aliphatic carbocycles. The van der Waals surface area contributed by atoms with Gasteiger partial charge in [-0.25, -0.2) is 0 Å². The molecule has 18 heavy (non-hydrogen) atoms. The molecule has 1 aromatic carbocycles. The van der Waals surface area contributed by atoms with Crippen LogP contribution in [0.3, 0.4) is 0 Å². The third-order valence-electron chi connectivity index (χ3n) is 3.12. The monoisotopic (exact) mass is 248 g/mol. The summed E-state index contributed by atoms with van der Waals surface area (Å²) >= 11 is 0. The molecule has 98 valence electrons. The summed E-state index contributed by atoms with van der Waals surface area (Å²) in [6.45, 7) is 4.25. The topological polar surface area (TPSA) is 64.3 Å². The first kappa shape index (κ1) is 12.9. The van der Waals surface area contributed by atoms with Crippen LogP contribution >= 0.6 is 0 Å². The molecular formula is C14H20N2O2. The van der Waals surface area contributed by atoms with Crippen LogP contribution in [0.25, 0.3) is 0 Å². The molecule has 0 unspecified atom stereocenters. The van der Waals surface area contributed by atoms with Gasteiger partial charge in [0, 0.05) is 0 Å². The molecule has 1 heterocycles. The first-order valence-electron chi connectivity index (χ1n) is 6.36. The minimum atomic E-state index is -0.798. The number of carbonyl (C=O) groups excluding carboxylic acids is 1. The molecule has 0 aromatic heterocycles. The van der Waals surface area contributed by atoms with Crippen molar-refractivity contribution in [2.75, 3.05) is 11.9 Å². The number of rotatable bonds is 4. The van der Waals surface area contributed by atoms with Gasteiger partial charge in [-0.15, -0.1) is 0 Å². The molecule has 0 saturated carbocycles. The summed E-state index contributed by atoms with van der Waals surface area (Å²) in [5.41, 5.74) is 6.64. The smallest absolute Gasteiger partial charge is 0.268 e. The van der Waals surface area contributed by atoms with Crippen molar-refractivity contribution in [2.45, 2.75) is 38.7 Å². The first-order valence-corrected chi connectivity index (χ1v) is 6.36. The second-order valence-corrected chi connectivity index (χ2v) is 5.14. The van der Waals surface area contributed by atoms with Gasteiger partial charge in [0.05, 0.1) is 5.69 Å². The maximum Gasteiger partial charge on any atom is 0.268 e. The number of ether oxygens (including phenoxy) is 1. The average molecular weight is 248 g/mol. The number of hydrogen-bond donors (Lipinski definition) is 2. The zero-order chi connectivity index (χ0) is 13.2. The van der Waals surface area contributed by atoms with Crippen molar-refractivity contribution in [2.24, 2.45) is 5.73 Å². The minimum Gasteiger partial charge on any atom is -0.476 e. The highest BCUT2D eigenvalue weighted by atomic mass is 16.5. The molecule has 1 aromatic rings. The molecule has 0 atom stereocenters. The van der Waals surface area contributed by atoms with Crippen molar-refractivity contribution in [3.8, 4) is 5.75 Å². The fourth-order valence-electron chi connectivity index (χ4n) is 1.99. The van der Waals surface area contributed by atoms with Crippen LogP contribution in [-0.4, -0.2) is 18.1 Å². The van der Waals surface area contributed by atoms with Crippen LogP contribution in [0.5, 0.6) is 5.75 Å². The summed E-state index contributed by atoms with van der Waals surface area (Å²) in [6, 6.07) is 5.95. The summed E-state index contributed by atoms with van der Waals surface area (Å²) in [6.07, 6.45) is 3.06. The summed E-state index contributed by atoms with van der Waals surface area (Å²) < 4.78 is 5.68. The van der Waals surface area contributed by atoms with Gasteiger partial charge in [0.25, 0.3) is 5.91 Å². The van der Waals surface area contributed by atoms with E-state index in [9.17, 15) is 4.79 Å². The number of nitrogens with two attached hydrogens (primary N) is 1. The number of nitrogens with one attached hydrogen (secondary N) is 1. The first-order chi connectivity index (χ1) is 8.53. The second-order valence-electron chi connectivity index (χ2n) is 5.14. The molecule has 1 aliphatic heterocycles. The number of benzene rings is 1. The molecule has 0 saturated heterocycles. The summed E-state index contributed by atoms with van der Waals surface area (Å²) in [5, 5.41) is 2.89. The van der Waals surface area contributed by atoms with Gasteiger partial charge in [-0.2, -0.15) is 0 Å². The van der Waals surface area contributed by atoms with E-state index in [4.69, 9.17) is 10.5 Å². The van der Waals surface area contributed by atoms with Crippen molar-refractivity contribution >= 4 is 11.6 Å². The molecule has 0 radical (unpaired) electrons. The largest absolute Gasteiger partial charge is 0.476 e. The predicted octanol–water partition coefficient (Wildman–Crippen LogP) is 2.08. The van der Waals surface area contributed by atoms with Crippen molar-refractivity contribution in [1.29, 1.82) is 0 Å². The van der Waals surface area contributed by atoms with Gasteiger partial charge in [-0.05, 0) is 57.4 Å². The van der Waals surface area contributed by atoms with Gasteiger partial charge < -0.3 is 15.8 Å². The number of aryl methyl sites for hydroxylation is 1. The van der Waals surface area contributed by atoms with Gasteiger partial charge in [-0.1, -0.05) is 6.07 Å². The van der Waals surface area contributed by atoms with E-state index in [0.29, 0.717) is 0 Å². The Labute approximate surface area is 108 Å². The van der Waals surface area contributed by atoms with Gasteiger partial charge in [0.2, 0.25) is 0 Å². The minimum absolute atomic E-state index is 0.103. The van der Waals surface area contributed by atoms with Crippen molar-refractivity contribution in [1.82, 2.24) is 0 Å². The Balaban J connectivity index is 2.13. The zero-order valence-electron chi connectivity index (χ0n) is 11.0. The highest BCUT2D eigenvalue weighted by molar-refractivity contribution is 6.00. The van der Waals surface area contributed by atoms with E-state index >= 15 is 0 Å². The lowest BCUT2D eigenvalue weighted by Crippen LogP contribution is -2.45. The van der Waals surface area contributed by atoms with Crippen LogP contribution < -0.4 is 15.8 Å². The molecular weight excluding hydrogens is 228 g/mol. The lowest BCUT2D eigenvalue weighted by atomic mass is 10.0. The normalized spacial score (nSPS) is 16.7. The van der Waals surface area contributed by atoms with Crippen LogP contribution in [-0.2, 0) is 11.2 Å². The van der Waals surface area contributed by atoms with Crippen LogP contribution in [0.2, 0.25) is 0 Å². The molecule has 0 fully saturated rings. The number of amides is 1. The molecule has 4 heteroatoms. The fraction of sp³-hybridized carbons (Fsp3) is 0.500. The highest BCUT2D eigenvalue weighted by Gasteiger charge is 2.35. The van der Waals surface area contributed by atoms with Crippen LogP contribution in [0, 0.1) is 0 Å². The fourth-order valence-corrected chi connectivity index (χ4v) is 1.99. The Morgan fingerprint density at radius 1 is 1.33 bits per heavy atom. The van der Waals surface area contributed by atoms with Crippen molar-refractivity contribution in [3.05, 3.63) is 23.8 Å². The Morgan fingerprint density at radius 2 is 2.11 bits per heavy atom. The molecule has 2 rings (SSSR count). The van der Waals surface area contributed by atoms with E-state index in [2.05, 4.69) is 5.32 Å². The molecule has 1 aliphatic rings. The van der Waals surface area contributed by atoms with Crippen molar-refractivity contribution < 1.29 is 9.53 Å². The lowest BCUT2D eigenvalue weighted by molar-refractivity contribution is -0.129. The van der Waals surface area contributed by atoms with Gasteiger partial charge >= 0.3 is 0 Å². The van der Waals surface area contributed by atoms with E-state index in [1.807, 2.05) is 18.2 Å². The number of anilines is 1. The number of unbranched alkanes of at least 4 members (excludes halogenated alkanes) is 1. The highest BCUT2D eigenvalue weighted by Crippen LogP contribution is 2.34. The van der Waals surface area contributed by atoms with Crippen LogP contribution in [0.1, 0.15) is 32.3 Å². The maximum absolute atomic E-state index is 11.8. The van der Waals surface area contributed by atoms with E-state index in [1.165, 1.54) is 5.56 Å². The Morgan fingerprint density at radius 3 is 2.83 bits per heavy atom. The number of hydrogen-bond acceptors (Lipinski definition) is 3. The average Bonchev–Trinajstić information content (AvgIpc) is 2.31. The van der Waals surface area contributed by atoms with Gasteiger partial charge in [0.1, 0.15) is 5.75 Å². The summed E-state index contributed by atoms with van der Waals surface area (Å²) in [5.74, 6) is 0.635. The van der Waals surface area contributed by atoms with E-state index < -0.39 is 5.60 Å². The maximum atomic E-state index is 11.8. The Bertz CT molecular complexity index is 455. The number of carbonyl (C=O) groups is 1. The Hall–Kier alpha value is -1.55. The SMILES string of the molecule is CC1(C)Oc2ccc(CCCCN)cc2NC1=O. The third kappa shape index (κ3) is 2.64. The van der Waals surface area contributed by atoms with Crippen LogP contribution in [0.15, 0.2) is 18.2 Å². The van der Waals surface area contributed by atoms with Crippen LogP contribution in [0.4, 0.5) is 5.69 Å². The van der Waals surface area contributed by atoms with E-state index in [1.54, 1.807) is 13.8 Å². The molecule has 3 N–H and O–H groups in total. The lowest BCUT2D eigenvalue weighted by Gasteiger charge is -2.31. The zero-order valence-corrected chi connectivity index (χ0v) is 11.0. The molecule has 1 amide bonds. The van der Waals surface area contributed by atoms with Gasteiger partial charge in [0.15, 0.2) is 5.60 Å². The Kier molecular flexibility index (Phi) is 3.57. The van der Waals surface area contributed by atoms with Gasteiger partial charge in [-0.3, -0.25) is 4.79 Å². The number of fused-ring (bicyclic) bond motifs is 1. The molecule has 4 nitrogen and oxygen atoms in total. The van der Waals surface area contributed by atoms with E-state index in [0.717, 1.165) is 37.2 Å². The summed E-state index contributed by atoms with van der Waals surface area (Å²) in [4.78, 5) is 11.8. The standard InChI is InChI=1S/C14H20N2O2/c1-14(2)13(17)16-11-9-10(5-3-4-8-15)6-7-12(11)18-14/h6-7,9H,3-5,8,15H2,1-2H3,(H,16,17). The third-order valence-corrected chi connectivity index (χ3v) is 3.12. The second kappa shape index (κ2) is 4.98. The van der Waals surface area contributed by atoms with Crippen molar-refractivity contribution in [3.63, 3.8) is 0 Å². The quantitative estimate of drug-likeness (QED) is 0.802. The molecule has 0 spiro atoms. The molecule has 0 bridgehead atoms. The predicted molar refractivity (Wildman–Crippen MR) is 71.8 cm³/mol. The van der Waals surface area contributed by atoms with E-state index in [-0.39, 0.29) is 5.91 Å². The summed E-state index contributed by atoms with van der Waals surface area (Å²) in [7, 11) is 0.